The fourth-order valence-corrected chi connectivity index (χ4v) is 5.60. The van der Waals surface area contributed by atoms with Crippen LogP contribution < -0.4 is 5.32 Å². The number of hydrogen-bond acceptors (Lipinski definition) is 4. The molecular weight excluding hydrogens is 300 g/mol. The lowest BCUT2D eigenvalue weighted by Gasteiger charge is -2.26. The summed E-state index contributed by atoms with van der Waals surface area (Å²) in [5, 5.41) is 10.1. The first-order chi connectivity index (χ1) is 9.01. The van der Waals surface area contributed by atoms with Gasteiger partial charge < -0.3 is 5.32 Å². The summed E-state index contributed by atoms with van der Waals surface area (Å²) >= 11 is 0. The third kappa shape index (κ3) is 2.36. The highest BCUT2D eigenvalue weighted by Gasteiger charge is 2.44. The van der Waals surface area contributed by atoms with Crippen LogP contribution in [-0.2, 0) is 10.0 Å². The van der Waals surface area contributed by atoms with E-state index in [0.29, 0.717) is 16.3 Å². The number of halogens is 1. The Morgan fingerprint density at radius 2 is 1.90 bits per heavy atom. The molecule has 0 spiro atoms. The number of sulfonamides is 1. The Morgan fingerprint density at radius 1 is 1.20 bits per heavy atom. The van der Waals surface area contributed by atoms with Crippen LogP contribution in [0.3, 0.4) is 0 Å². The molecule has 1 aromatic rings. The molecule has 2 aliphatic rings. The molecule has 2 unspecified atom stereocenters. The van der Waals surface area contributed by atoms with E-state index in [4.69, 9.17) is 0 Å². The molecule has 2 saturated heterocycles. The first-order valence-electron chi connectivity index (χ1n) is 6.77. The second-order valence-electron chi connectivity index (χ2n) is 5.48. The number of aromatic amines is 1. The minimum absolute atomic E-state index is 0. The van der Waals surface area contributed by atoms with Gasteiger partial charge in [-0.2, -0.15) is 9.40 Å². The molecule has 0 aliphatic carbocycles. The molecule has 0 aromatic carbocycles. The highest BCUT2D eigenvalue weighted by atomic mass is 35.5. The number of fused-ring (bicyclic) bond motifs is 2. The number of rotatable bonds is 2. The zero-order chi connectivity index (χ0) is 13.6. The number of hydrogen-bond donors (Lipinski definition) is 2. The molecule has 2 aliphatic heterocycles. The quantitative estimate of drug-likeness (QED) is 0.851. The van der Waals surface area contributed by atoms with E-state index < -0.39 is 10.0 Å². The van der Waals surface area contributed by atoms with E-state index in [0.717, 1.165) is 32.4 Å². The van der Waals surface area contributed by atoms with Gasteiger partial charge in [-0.15, -0.1) is 12.4 Å². The normalized spacial score (nSPS) is 27.1. The van der Waals surface area contributed by atoms with Crippen LogP contribution in [0.25, 0.3) is 0 Å². The Morgan fingerprint density at radius 3 is 2.55 bits per heavy atom. The SMILES string of the molecule is Cc1n[nH]c(C)c1S(=O)(=O)N1C2CCNCC1CC2.Cl. The van der Waals surface area contributed by atoms with Gasteiger partial charge >= 0.3 is 0 Å². The van der Waals surface area contributed by atoms with Crippen molar-refractivity contribution in [3.05, 3.63) is 11.4 Å². The molecule has 3 rings (SSSR count). The molecule has 2 atom stereocenters. The molecule has 2 fully saturated rings. The third-order valence-electron chi connectivity index (χ3n) is 4.18. The smallest absolute Gasteiger partial charge is 0.247 e. The average molecular weight is 321 g/mol. The van der Waals surface area contributed by atoms with Crippen LogP contribution >= 0.6 is 12.4 Å². The fourth-order valence-electron chi connectivity index (χ4n) is 3.36. The number of aromatic nitrogens is 2. The van der Waals surface area contributed by atoms with Crippen LogP contribution in [0.2, 0.25) is 0 Å². The van der Waals surface area contributed by atoms with Gasteiger partial charge in [-0.3, -0.25) is 5.10 Å². The number of H-pyrrole nitrogens is 1. The van der Waals surface area contributed by atoms with Gasteiger partial charge in [-0.1, -0.05) is 0 Å². The maximum Gasteiger partial charge on any atom is 0.247 e. The maximum atomic E-state index is 12.9. The van der Waals surface area contributed by atoms with Crippen molar-refractivity contribution in [3.8, 4) is 0 Å². The van der Waals surface area contributed by atoms with E-state index in [2.05, 4.69) is 15.5 Å². The standard InChI is InChI=1S/C12H20N4O2S.ClH/c1-8-12(9(2)15-14-8)19(17,18)16-10-3-4-11(16)7-13-6-5-10;/h10-11,13H,3-7H2,1-2H3,(H,14,15);1H. The summed E-state index contributed by atoms with van der Waals surface area (Å²) in [6.07, 6.45) is 2.82. The van der Waals surface area contributed by atoms with Crippen molar-refractivity contribution >= 4 is 22.4 Å². The summed E-state index contributed by atoms with van der Waals surface area (Å²) in [7, 11) is -3.44. The largest absolute Gasteiger partial charge is 0.315 e. The second kappa shape index (κ2) is 5.63. The molecule has 1 aromatic heterocycles. The molecule has 0 radical (unpaired) electrons. The van der Waals surface area contributed by atoms with Crippen LogP contribution in [0.1, 0.15) is 30.7 Å². The van der Waals surface area contributed by atoms with Crippen LogP contribution in [0.4, 0.5) is 0 Å². The van der Waals surface area contributed by atoms with Gasteiger partial charge in [0.15, 0.2) is 0 Å². The zero-order valence-corrected chi connectivity index (χ0v) is 13.4. The molecule has 20 heavy (non-hydrogen) atoms. The molecule has 0 saturated carbocycles. The van der Waals surface area contributed by atoms with Crippen molar-refractivity contribution in [2.24, 2.45) is 0 Å². The average Bonchev–Trinajstić information content (AvgIpc) is 2.78. The van der Waals surface area contributed by atoms with Crippen LogP contribution in [-0.4, -0.2) is 48.1 Å². The maximum absolute atomic E-state index is 12.9. The monoisotopic (exact) mass is 320 g/mol. The third-order valence-corrected chi connectivity index (χ3v) is 6.45. The summed E-state index contributed by atoms with van der Waals surface area (Å²) in [5.74, 6) is 0. The predicted molar refractivity (Wildman–Crippen MR) is 78.6 cm³/mol. The van der Waals surface area contributed by atoms with Crippen LogP contribution in [0.5, 0.6) is 0 Å². The summed E-state index contributed by atoms with van der Waals surface area (Å²) in [5.41, 5.74) is 1.20. The Bertz CT molecular complexity index is 553. The van der Waals surface area contributed by atoms with Gasteiger partial charge in [-0.25, -0.2) is 8.42 Å². The molecule has 0 amide bonds. The Balaban J connectivity index is 0.00000147. The first-order valence-corrected chi connectivity index (χ1v) is 8.21. The van der Waals surface area contributed by atoms with Crippen molar-refractivity contribution in [1.82, 2.24) is 19.8 Å². The topological polar surface area (TPSA) is 78.1 Å². The van der Waals surface area contributed by atoms with Gasteiger partial charge in [0.2, 0.25) is 10.0 Å². The molecule has 8 heteroatoms. The Kier molecular flexibility index (Phi) is 4.44. The first kappa shape index (κ1) is 15.8. The number of aryl methyl sites for hydroxylation is 2. The van der Waals surface area contributed by atoms with E-state index >= 15 is 0 Å². The minimum atomic E-state index is -3.44. The van der Waals surface area contributed by atoms with Gasteiger partial charge in [0.1, 0.15) is 4.90 Å². The van der Waals surface area contributed by atoms with E-state index in [1.165, 1.54) is 0 Å². The second-order valence-corrected chi connectivity index (χ2v) is 7.26. The summed E-state index contributed by atoms with van der Waals surface area (Å²) in [6.45, 7) is 5.17. The molecule has 3 heterocycles. The molecular formula is C12H21ClN4O2S. The molecule has 2 N–H and O–H groups in total. The summed E-state index contributed by atoms with van der Waals surface area (Å²) < 4.78 is 27.6. The van der Waals surface area contributed by atoms with Gasteiger partial charge in [-0.05, 0) is 39.7 Å². The van der Waals surface area contributed by atoms with Gasteiger partial charge in [0.05, 0.1) is 11.4 Å². The van der Waals surface area contributed by atoms with Crippen molar-refractivity contribution in [2.75, 3.05) is 13.1 Å². The highest BCUT2D eigenvalue weighted by Crippen LogP contribution is 2.35. The van der Waals surface area contributed by atoms with Crippen molar-refractivity contribution < 1.29 is 8.42 Å². The van der Waals surface area contributed by atoms with Crippen molar-refractivity contribution in [3.63, 3.8) is 0 Å². The highest BCUT2D eigenvalue weighted by molar-refractivity contribution is 7.89. The summed E-state index contributed by atoms with van der Waals surface area (Å²) in [6, 6.07) is 0.227. The molecule has 114 valence electrons. The lowest BCUT2D eigenvalue weighted by atomic mass is 10.1. The number of nitrogens with one attached hydrogen (secondary N) is 2. The van der Waals surface area contributed by atoms with Crippen LogP contribution in [0.15, 0.2) is 4.90 Å². The predicted octanol–water partition coefficient (Wildman–Crippen LogP) is 0.963. The molecule has 6 nitrogen and oxygen atoms in total. The van der Waals surface area contributed by atoms with Gasteiger partial charge in [0, 0.05) is 18.6 Å². The lowest BCUT2D eigenvalue weighted by Crippen LogP contribution is -2.42. The van der Waals surface area contributed by atoms with Gasteiger partial charge in [0.25, 0.3) is 0 Å². The minimum Gasteiger partial charge on any atom is -0.315 e. The number of nitrogens with zero attached hydrogens (tertiary/aromatic N) is 2. The van der Waals surface area contributed by atoms with Crippen molar-refractivity contribution in [1.29, 1.82) is 0 Å². The van der Waals surface area contributed by atoms with Crippen LogP contribution in [0, 0.1) is 13.8 Å². The van der Waals surface area contributed by atoms with E-state index in [-0.39, 0.29) is 24.5 Å². The summed E-state index contributed by atoms with van der Waals surface area (Å²) in [4.78, 5) is 0.367. The van der Waals surface area contributed by atoms with E-state index in [1.807, 2.05) is 0 Å². The van der Waals surface area contributed by atoms with E-state index in [9.17, 15) is 8.42 Å². The lowest BCUT2D eigenvalue weighted by molar-refractivity contribution is 0.334. The van der Waals surface area contributed by atoms with E-state index in [1.54, 1.807) is 18.2 Å². The Hall–Kier alpha value is -0.630. The molecule has 2 bridgehead atoms. The van der Waals surface area contributed by atoms with Crippen molar-refractivity contribution in [2.45, 2.75) is 50.1 Å². The zero-order valence-electron chi connectivity index (χ0n) is 11.7. The Labute approximate surface area is 125 Å². The fraction of sp³-hybridized carbons (Fsp3) is 0.750.